The van der Waals surface area contributed by atoms with E-state index in [9.17, 15) is 23.1 Å². The number of aromatic nitrogens is 4. The van der Waals surface area contributed by atoms with E-state index >= 15 is 0 Å². The van der Waals surface area contributed by atoms with Crippen LogP contribution in [0.25, 0.3) is 11.4 Å². The number of halogens is 3. The molecule has 6 nitrogen and oxygen atoms in total. The first-order chi connectivity index (χ1) is 10.5. The van der Waals surface area contributed by atoms with Gasteiger partial charge in [0.05, 0.1) is 5.56 Å². The number of carboxylic acid groups (broad SMARTS) is 1. The molecule has 22 heavy (non-hydrogen) atoms. The summed E-state index contributed by atoms with van der Waals surface area (Å²) < 4.78 is 41.1. The lowest BCUT2D eigenvalue weighted by atomic mass is 10.1. The maximum atomic E-state index is 13.9. The molecule has 0 aliphatic heterocycles. The molecular weight excluding hydrogens is 301 g/mol. The van der Waals surface area contributed by atoms with Crippen LogP contribution in [0.3, 0.4) is 0 Å². The van der Waals surface area contributed by atoms with Gasteiger partial charge in [-0.3, -0.25) is 0 Å². The number of hydrogen-bond acceptors (Lipinski definition) is 4. The molecule has 0 saturated heterocycles. The zero-order valence-corrected chi connectivity index (χ0v) is 11.6. The van der Waals surface area contributed by atoms with E-state index in [-0.39, 0.29) is 12.2 Å². The highest BCUT2D eigenvalue weighted by Gasteiger charge is 2.27. The Kier molecular flexibility index (Phi) is 4.74. The maximum Gasteiger partial charge on any atom is 0.328 e. The summed E-state index contributed by atoms with van der Waals surface area (Å²) in [5.41, 5.74) is -0.397. The fourth-order valence-corrected chi connectivity index (χ4v) is 2.03. The number of tetrazole rings is 1. The summed E-state index contributed by atoms with van der Waals surface area (Å²) in [5, 5.41) is 19.7. The normalized spacial score (nSPS) is 12.4. The monoisotopic (exact) mass is 314 g/mol. The van der Waals surface area contributed by atoms with Crippen molar-refractivity contribution in [3.05, 3.63) is 29.6 Å². The molecule has 2 aromatic rings. The summed E-state index contributed by atoms with van der Waals surface area (Å²) in [5.74, 6) is -5.92. The van der Waals surface area contributed by atoms with Gasteiger partial charge in [0.25, 0.3) is 0 Å². The standard InChI is InChI=1S/C13H13F3N4O2/c1-2-3-4-9(13(21)22)20-12(17-18-19-20)7-5-6-8(14)11(16)10(7)15/h5-6,9H,2-4H2,1H3,(H,21,22). The average Bonchev–Trinajstić information content (AvgIpc) is 2.94. The van der Waals surface area contributed by atoms with Crippen LogP contribution in [-0.4, -0.2) is 31.3 Å². The maximum absolute atomic E-state index is 13.9. The Hall–Kier alpha value is -2.45. The lowest BCUT2D eigenvalue weighted by Gasteiger charge is -2.14. The Morgan fingerprint density at radius 2 is 2.05 bits per heavy atom. The Morgan fingerprint density at radius 1 is 1.32 bits per heavy atom. The minimum absolute atomic E-state index is 0.231. The number of unbranched alkanes of at least 4 members (excludes halogenated alkanes) is 1. The van der Waals surface area contributed by atoms with Gasteiger partial charge in [-0.15, -0.1) is 5.10 Å². The van der Waals surface area contributed by atoms with Crippen molar-refractivity contribution in [3.8, 4) is 11.4 Å². The predicted octanol–water partition coefficient (Wildman–Crippen LogP) is 2.57. The Labute approximate surface area is 123 Å². The fourth-order valence-electron chi connectivity index (χ4n) is 2.03. The first-order valence-corrected chi connectivity index (χ1v) is 6.61. The lowest BCUT2D eigenvalue weighted by Crippen LogP contribution is -2.21. The van der Waals surface area contributed by atoms with Crippen LogP contribution in [0.5, 0.6) is 0 Å². The molecule has 0 bridgehead atoms. The summed E-state index contributed by atoms with van der Waals surface area (Å²) in [4.78, 5) is 11.3. The number of aliphatic carboxylic acids is 1. The van der Waals surface area contributed by atoms with Gasteiger partial charge in [0.2, 0.25) is 0 Å². The van der Waals surface area contributed by atoms with Crippen molar-refractivity contribution in [1.29, 1.82) is 0 Å². The highest BCUT2D eigenvalue weighted by molar-refractivity contribution is 5.72. The smallest absolute Gasteiger partial charge is 0.328 e. The van der Waals surface area contributed by atoms with Crippen LogP contribution in [0.4, 0.5) is 13.2 Å². The van der Waals surface area contributed by atoms with E-state index in [4.69, 9.17) is 0 Å². The molecule has 9 heteroatoms. The van der Waals surface area contributed by atoms with Gasteiger partial charge in [0, 0.05) is 0 Å². The largest absolute Gasteiger partial charge is 0.480 e. The first kappa shape index (κ1) is 15.9. The van der Waals surface area contributed by atoms with E-state index < -0.39 is 35.0 Å². The van der Waals surface area contributed by atoms with Gasteiger partial charge in [-0.05, 0) is 29.0 Å². The van der Waals surface area contributed by atoms with Gasteiger partial charge in [-0.2, -0.15) is 0 Å². The van der Waals surface area contributed by atoms with Crippen molar-refractivity contribution >= 4 is 5.97 Å². The van der Waals surface area contributed by atoms with Crippen LogP contribution in [-0.2, 0) is 4.79 Å². The predicted molar refractivity (Wildman–Crippen MR) is 69.3 cm³/mol. The van der Waals surface area contributed by atoms with Crippen LogP contribution in [0, 0.1) is 17.5 Å². The second kappa shape index (κ2) is 6.54. The van der Waals surface area contributed by atoms with Crippen molar-refractivity contribution in [3.63, 3.8) is 0 Å². The summed E-state index contributed by atoms with van der Waals surface area (Å²) in [6.45, 7) is 1.88. The molecule has 0 saturated carbocycles. The SMILES string of the molecule is CCCCC(C(=O)O)n1nnnc1-c1ccc(F)c(F)c1F. The van der Waals surface area contributed by atoms with Crippen LogP contribution < -0.4 is 0 Å². The number of benzene rings is 1. The number of carbonyl (C=O) groups is 1. The quantitative estimate of drug-likeness (QED) is 0.829. The van der Waals surface area contributed by atoms with Gasteiger partial charge in [0.15, 0.2) is 29.3 Å². The van der Waals surface area contributed by atoms with Gasteiger partial charge in [0.1, 0.15) is 0 Å². The van der Waals surface area contributed by atoms with Gasteiger partial charge in [-0.1, -0.05) is 19.8 Å². The highest BCUT2D eigenvalue weighted by Crippen LogP contribution is 2.27. The zero-order chi connectivity index (χ0) is 16.3. The molecule has 118 valence electrons. The molecule has 1 aromatic heterocycles. The molecule has 2 rings (SSSR count). The highest BCUT2D eigenvalue weighted by atomic mass is 19.2. The first-order valence-electron chi connectivity index (χ1n) is 6.61. The molecule has 1 N–H and O–H groups in total. The molecule has 0 aliphatic carbocycles. The Balaban J connectivity index is 2.49. The third-order valence-electron chi connectivity index (χ3n) is 3.18. The molecule has 1 aromatic carbocycles. The second-order valence-corrected chi connectivity index (χ2v) is 4.67. The third-order valence-corrected chi connectivity index (χ3v) is 3.18. The van der Waals surface area contributed by atoms with E-state index in [1.807, 2.05) is 6.92 Å². The second-order valence-electron chi connectivity index (χ2n) is 4.67. The van der Waals surface area contributed by atoms with Crippen molar-refractivity contribution in [2.75, 3.05) is 0 Å². The molecule has 0 amide bonds. The van der Waals surface area contributed by atoms with Crippen molar-refractivity contribution in [1.82, 2.24) is 20.2 Å². The van der Waals surface area contributed by atoms with Crippen LogP contribution >= 0.6 is 0 Å². The van der Waals surface area contributed by atoms with Crippen LogP contribution in [0.15, 0.2) is 12.1 Å². The van der Waals surface area contributed by atoms with Crippen LogP contribution in [0.2, 0.25) is 0 Å². The Morgan fingerprint density at radius 3 is 2.68 bits per heavy atom. The summed E-state index contributed by atoms with van der Waals surface area (Å²) in [6.07, 6.45) is 1.58. The third kappa shape index (κ3) is 2.92. The van der Waals surface area contributed by atoms with Crippen LogP contribution in [0.1, 0.15) is 32.2 Å². The molecule has 0 fully saturated rings. The van der Waals surface area contributed by atoms with Crippen molar-refractivity contribution in [2.24, 2.45) is 0 Å². The fraction of sp³-hybridized carbons (Fsp3) is 0.385. The van der Waals surface area contributed by atoms with E-state index in [1.165, 1.54) is 0 Å². The summed E-state index contributed by atoms with van der Waals surface area (Å²) in [7, 11) is 0. The van der Waals surface area contributed by atoms with Gasteiger partial charge in [-0.25, -0.2) is 22.6 Å². The summed E-state index contributed by atoms with van der Waals surface area (Å²) >= 11 is 0. The zero-order valence-electron chi connectivity index (χ0n) is 11.6. The molecule has 1 heterocycles. The van der Waals surface area contributed by atoms with Gasteiger partial charge < -0.3 is 5.11 Å². The van der Waals surface area contributed by atoms with E-state index in [0.717, 1.165) is 23.2 Å². The molecule has 1 unspecified atom stereocenters. The molecular formula is C13H13F3N4O2. The number of nitrogens with zero attached hydrogens (tertiary/aromatic N) is 4. The van der Waals surface area contributed by atoms with E-state index in [0.29, 0.717) is 6.42 Å². The topological polar surface area (TPSA) is 80.9 Å². The molecule has 0 radical (unpaired) electrons. The van der Waals surface area contributed by atoms with E-state index in [1.54, 1.807) is 0 Å². The number of hydrogen-bond donors (Lipinski definition) is 1. The van der Waals surface area contributed by atoms with E-state index in [2.05, 4.69) is 15.5 Å². The van der Waals surface area contributed by atoms with Gasteiger partial charge >= 0.3 is 5.97 Å². The lowest BCUT2D eigenvalue weighted by molar-refractivity contribution is -0.141. The number of carboxylic acids is 1. The number of rotatable bonds is 6. The minimum Gasteiger partial charge on any atom is -0.480 e. The Bertz CT molecular complexity index is 690. The minimum atomic E-state index is -1.66. The molecule has 0 spiro atoms. The summed E-state index contributed by atoms with van der Waals surface area (Å²) in [6, 6.07) is 0.584. The molecule has 0 aliphatic rings. The average molecular weight is 314 g/mol. The van der Waals surface area contributed by atoms with Crippen molar-refractivity contribution < 1.29 is 23.1 Å². The molecule has 1 atom stereocenters. The van der Waals surface area contributed by atoms with Crippen molar-refractivity contribution in [2.45, 2.75) is 32.2 Å².